The Labute approximate surface area is 142 Å². The zero-order chi connectivity index (χ0) is 17.9. The van der Waals surface area contributed by atoms with Crippen LogP contribution in [0.3, 0.4) is 0 Å². The minimum absolute atomic E-state index is 0.205. The summed E-state index contributed by atoms with van der Waals surface area (Å²) in [5.41, 5.74) is -0.452. The molecule has 2 rings (SSSR count). The molecule has 1 aromatic rings. The molecule has 0 saturated carbocycles. The molecule has 1 aromatic carbocycles. The lowest BCUT2D eigenvalue weighted by atomic mass is 9.90. The summed E-state index contributed by atoms with van der Waals surface area (Å²) in [6.07, 6.45) is 0.451. The molecule has 1 aliphatic heterocycles. The van der Waals surface area contributed by atoms with E-state index in [0.717, 1.165) is 0 Å². The molecule has 24 heavy (non-hydrogen) atoms. The minimum atomic E-state index is -0.888. The van der Waals surface area contributed by atoms with Gasteiger partial charge in [0, 0.05) is 19.2 Å². The molecule has 0 aromatic heterocycles. The average molecular weight is 335 g/mol. The number of aliphatic carboxylic acids is 1. The molecule has 0 radical (unpaired) electrons. The van der Waals surface area contributed by atoms with Crippen LogP contribution in [0.15, 0.2) is 18.2 Å². The second-order valence-corrected chi connectivity index (χ2v) is 6.91. The molecule has 132 valence electrons. The molecule has 1 aliphatic rings. The van der Waals surface area contributed by atoms with Crippen LogP contribution >= 0.6 is 0 Å². The minimum Gasteiger partial charge on any atom is -0.497 e. The molecule has 0 aliphatic carbocycles. The third kappa shape index (κ3) is 3.80. The summed E-state index contributed by atoms with van der Waals surface area (Å²) in [4.78, 5) is 25.8. The highest BCUT2D eigenvalue weighted by Crippen LogP contribution is 2.33. The molecule has 0 spiro atoms. The fraction of sp³-hybridized carbons (Fsp3) is 0.556. The third-order valence-corrected chi connectivity index (χ3v) is 4.27. The number of rotatable bonds is 6. The van der Waals surface area contributed by atoms with Crippen LogP contribution in [-0.2, 0) is 4.79 Å². The highest BCUT2D eigenvalue weighted by molar-refractivity contribution is 5.97. The lowest BCUT2D eigenvalue weighted by Crippen LogP contribution is -2.35. The Balaban J connectivity index is 2.24. The Hall–Kier alpha value is -2.24. The number of methoxy groups -OCH3 is 1. The first-order valence-electron chi connectivity index (χ1n) is 8.10. The van der Waals surface area contributed by atoms with Gasteiger partial charge >= 0.3 is 5.97 Å². The van der Waals surface area contributed by atoms with Crippen molar-refractivity contribution in [1.29, 1.82) is 0 Å². The van der Waals surface area contributed by atoms with E-state index in [1.54, 1.807) is 37.1 Å². The molecule has 1 saturated heterocycles. The highest BCUT2D eigenvalue weighted by Gasteiger charge is 2.42. The summed E-state index contributed by atoms with van der Waals surface area (Å²) >= 11 is 0. The first-order valence-corrected chi connectivity index (χ1v) is 8.10. The standard InChI is InChI=1S/C18H25NO5/c1-12(2)10-24-15-9-13(23-4)5-6-14(15)16(20)19-8-7-18(3,11-19)17(21)22/h5-6,9,12H,7-8,10-11H2,1-4H3,(H,21,22). The Morgan fingerprint density at radius 3 is 2.62 bits per heavy atom. The maximum absolute atomic E-state index is 12.8. The number of likely N-dealkylation sites (tertiary alicyclic amines) is 1. The number of ether oxygens (including phenoxy) is 2. The van der Waals surface area contributed by atoms with Crippen molar-refractivity contribution < 1.29 is 24.2 Å². The summed E-state index contributed by atoms with van der Waals surface area (Å²) in [6, 6.07) is 5.08. The number of hydrogen-bond donors (Lipinski definition) is 1. The summed E-state index contributed by atoms with van der Waals surface area (Å²) in [5, 5.41) is 9.33. The Morgan fingerprint density at radius 2 is 2.08 bits per heavy atom. The number of benzene rings is 1. The quantitative estimate of drug-likeness (QED) is 0.865. The highest BCUT2D eigenvalue weighted by atomic mass is 16.5. The van der Waals surface area contributed by atoms with Crippen molar-refractivity contribution in [2.45, 2.75) is 27.2 Å². The van der Waals surface area contributed by atoms with Gasteiger partial charge in [-0.3, -0.25) is 9.59 Å². The number of hydrogen-bond acceptors (Lipinski definition) is 4. The van der Waals surface area contributed by atoms with E-state index < -0.39 is 11.4 Å². The largest absolute Gasteiger partial charge is 0.497 e. The fourth-order valence-corrected chi connectivity index (χ4v) is 2.66. The monoisotopic (exact) mass is 335 g/mol. The van der Waals surface area contributed by atoms with Crippen LogP contribution in [0.1, 0.15) is 37.6 Å². The van der Waals surface area contributed by atoms with Crippen molar-refractivity contribution >= 4 is 11.9 Å². The van der Waals surface area contributed by atoms with Crippen LogP contribution < -0.4 is 9.47 Å². The van der Waals surface area contributed by atoms with E-state index in [1.165, 1.54) is 0 Å². The van der Waals surface area contributed by atoms with E-state index in [-0.39, 0.29) is 12.5 Å². The third-order valence-electron chi connectivity index (χ3n) is 4.27. The van der Waals surface area contributed by atoms with Crippen LogP contribution in [0.2, 0.25) is 0 Å². The van der Waals surface area contributed by atoms with E-state index in [4.69, 9.17) is 9.47 Å². The Morgan fingerprint density at radius 1 is 1.38 bits per heavy atom. The molecular formula is C18H25NO5. The second-order valence-electron chi connectivity index (χ2n) is 6.91. The lowest BCUT2D eigenvalue weighted by molar-refractivity contribution is -0.147. The summed E-state index contributed by atoms with van der Waals surface area (Å²) in [6.45, 7) is 6.85. The topological polar surface area (TPSA) is 76.1 Å². The number of carbonyl (C=O) groups excluding carboxylic acids is 1. The van der Waals surface area contributed by atoms with Gasteiger partial charge in [0.25, 0.3) is 5.91 Å². The van der Waals surface area contributed by atoms with Gasteiger partial charge in [0.15, 0.2) is 0 Å². The lowest BCUT2D eigenvalue weighted by Gasteiger charge is -2.22. The van der Waals surface area contributed by atoms with Gasteiger partial charge < -0.3 is 19.5 Å². The Bertz CT molecular complexity index is 628. The van der Waals surface area contributed by atoms with E-state index in [2.05, 4.69) is 0 Å². The van der Waals surface area contributed by atoms with Crippen LogP contribution in [0.25, 0.3) is 0 Å². The average Bonchev–Trinajstić information content (AvgIpc) is 2.96. The molecule has 1 heterocycles. The van der Waals surface area contributed by atoms with E-state index >= 15 is 0 Å². The zero-order valence-corrected chi connectivity index (χ0v) is 14.7. The normalized spacial score (nSPS) is 20.3. The van der Waals surface area contributed by atoms with Gasteiger partial charge in [0.2, 0.25) is 0 Å². The fourth-order valence-electron chi connectivity index (χ4n) is 2.66. The van der Waals surface area contributed by atoms with Crippen molar-refractivity contribution in [3.8, 4) is 11.5 Å². The molecule has 6 heteroatoms. The predicted octanol–water partition coefficient (Wildman–Crippen LogP) is 2.67. The first kappa shape index (κ1) is 18.1. The smallest absolute Gasteiger partial charge is 0.311 e. The predicted molar refractivity (Wildman–Crippen MR) is 89.6 cm³/mol. The second kappa shape index (κ2) is 7.11. The SMILES string of the molecule is COc1ccc(C(=O)N2CCC(C)(C(=O)O)C2)c(OCC(C)C)c1. The molecule has 6 nitrogen and oxygen atoms in total. The van der Waals surface area contributed by atoms with E-state index in [0.29, 0.717) is 42.6 Å². The first-order chi connectivity index (χ1) is 11.3. The zero-order valence-electron chi connectivity index (χ0n) is 14.7. The van der Waals surface area contributed by atoms with Gasteiger partial charge in [-0.25, -0.2) is 0 Å². The van der Waals surface area contributed by atoms with Crippen molar-refractivity contribution in [3.63, 3.8) is 0 Å². The molecule has 1 unspecified atom stereocenters. The number of carboxylic acid groups (broad SMARTS) is 1. The van der Waals surface area contributed by atoms with Gasteiger partial charge in [-0.15, -0.1) is 0 Å². The number of amides is 1. The maximum Gasteiger partial charge on any atom is 0.311 e. The van der Waals surface area contributed by atoms with Gasteiger partial charge in [0.1, 0.15) is 11.5 Å². The van der Waals surface area contributed by atoms with Crippen molar-refractivity contribution in [2.24, 2.45) is 11.3 Å². The van der Waals surface area contributed by atoms with Gasteiger partial charge in [-0.2, -0.15) is 0 Å². The molecule has 0 bridgehead atoms. The van der Waals surface area contributed by atoms with Crippen molar-refractivity contribution in [2.75, 3.05) is 26.8 Å². The number of carbonyl (C=O) groups is 2. The van der Waals surface area contributed by atoms with Crippen LogP contribution in [-0.4, -0.2) is 48.7 Å². The van der Waals surface area contributed by atoms with E-state index in [9.17, 15) is 14.7 Å². The van der Waals surface area contributed by atoms with Crippen LogP contribution in [0, 0.1) is 11.3 Å². The molecule has 1 fully saturated rings. The van der Waals surface area contributed by atoms with Crippen molar-refractivity contribution in [3.05, 3.63) is 23.8 Å². The number of carboxylic acids is 1. The van der Waals surface area contributed by atoms with Crippen LogP contribution in [0.5, 0.6) is 11.5 Å². The number of nitrogens with zero attached hydrogens (tertiary/aromatic N) is 1. The van der Waals surface area contributed by atoms with Gasteiger partial charge in [-0.1, -0.05) is 13.8 Å². The summed E-state index contributed by atoms with van der Waals surface area (Å²) < 4.78 is 11.0. The van der Waals surface area contributed by atoms with Gasteiger partial charge in [-0.05, 0) is 31.4 Å². The summed E-state index contributed by atoms with van der Waals surface area (Å²) in [7, 11) is 1.56. The van der Waals surface area contributed by atoms with Crippen molar-refractivity contribution in [1.82, 2.24) is 4.90 Å². The molecular weight excluding hydrogens is 310 g/mol. The molecule has 1 amide bonds. The Kier molecular flexibility index (Phi) is 5.36. The molecule has 1 N–H and O–H groups in total. The van der Waals surface area contributed by atoms with E-state index in [1.807, 2.05) is 13.8 Å². The van der Waals surface area contributed by atoms with Gasteiger partial charge in [0.05, 0.1) is 24.7 Å². The van der Waals surface area contributed by atoms with Crippen LogP contribution in [0.4, 0.5) is 0 Å². The maximum atomic E-state index is 12.8. The summed E-state index contributed by atoms with van der Waals surface area (Å²) in [5.74, 6) is 0.325. The molecule has 1 atom stereocenters.